The number of benzene rings is 2. The number of carbonyl (C=O) groups excluding carboxylic acids is 5. The highest BCUT2D eigenvalue weighted by Gasteiger charge is 2.45. The first-order valence-electron chi connectivity index (χ1n) is 21.6. The summed E-state index contributed by atoms with van der Waals surface area (Å²) < 4.78 is 33.3. The fourth-order valence-electron chi connectivity index (χ4n) is 10.7. The van der Waals surface area contributed by atoms with Crippen molar-refractivity contribution in [3.63, 3.8) is 0 Å². The number of alkyl halides is 2. The number of aryl methyl sites for hydroxylation is 2. The van der Waals surface area contributed by atoms with Crippen LogP contribution in [0.25, 0.3) is 11.1 Å². The molecule has 2 aromatic heterocycles. The molecule has 1 saturated carbocycles. The molecule has 1 N–H and O–H groups in total. The van der Waals surface area contributed by atoms with Crippen LogP contribution in [0.15, 0.2) is 36.7 Å². The third-order valence-corrected chi connectivity index (χ3v) is 13.9. The lowest BCUT2D eigenvalue weighted by atomic mass is 9.84. The SMILES string of the molecule is CC(=O)N1CCc2c(c(N3CCCc4cc(-c5cnn(C)c5)c(C(F)F)cc43)nn2C2CCC(CCN3Cc4cc5c(cc4C3)C(=O)N(C3CCC(=O)NC3=O)C5=O)CC2)C1. The third-order valence-electron chi connectivity index (χ3n) is 13.9. The minimum absolute atomic E-state index is 0.00797. The summed E-state index contributed by atoms with van der Waals surface area (Å²) >= 11 is 0. The fourth-order valence-corrected chi connectivity index (χ4v) is 10.7. The van der Waals surface area contributed by atoms with Crippen LogP contribution in [0.1, 0.15) is 125 Å². The van der Waals surface area contributed by atoms with Crippen LogP contribution in [0, 0.1) is 5.92 Å². The summed E-state index contributed by atoms with van der Waals surface area (Å²) in [4.78, 5) is 71.0. The van der Waals surface area contributed by atoms with E-state index >= 15 is 0 Å². The lowest BCUT2D eigenvalue weighted by molar-refractivity contribution is -0.136. The molecule has 6 aliphatic rings. The minimum Gasteiger partial charge on any atom is -0.338 e. The standard InChI is InChI=1S/C45H49F2N9O5/c1-25(57)53-15-12-37-36(24-53)42(54-13-3-4-27-16-32(30-20-48-51(2)21-30)33(41(46)47)19-39(27)54)50-56(37)31-7-5-26(6-8-31)11-14-52-22-28-17-34-35(18-29(28)23-52)45(61)55(44(34)60)38-9-10-40(58)49-43(38)59/h16-21,26,31,38,41H,3-15,22-24H2,1-2H3,(H,49,58,59). The van der Waals surface area contributed by atoms with Gasteiger partial charge in [0.15, 0.2) is 5.82 Å². The second kappa shape index (κ2) is 15.3. The van der Waals surface area contributed by atoms with E-state index in [0.29, 0.717) is 67.3 Å². The predicted molar refractivity (Wildman–Crippen MR) is 219 cm³/mol. The van der Waals surface area contributed by atoms with Crippen molar-refractivity contribution < 1.29 is 32.8 Å². The summed E-state index contributed by atoms with van der Waals surface area (Å²) in [6, 6.07) is 6.40. The average molecular weight is 834 g/mol. The molecule has 2 aromatic carbocycles. The second-order valence-electron chi connectivity index (χ2n) is 17.7. The molecular weight excluding hydrogens is 785 g/mol. The number of carbonyl (C=O) groups is 5. The number of hydrogen-bond acceptors (Lipinski definition) is 9. The van der Waals surface area contributed by atoms with Gasteiger partial charge >= 0.3 is 0 Å². The number of nitrogens with zero attached hydrogens (tertiary/aromatic N) is 8. The van der Waals surface area contributed by atoms with E-state index in [9.17, 15) is 32.8 Å². The molecule has 61 heavy (non-hydrogen) atoms. The molecule has 14 nitrogen and oxygen atoms in total. The van der Waals surface area contributed by atoms with Gasteiger partial charge in [0.05, 0.1) is 29.9 Å². The van der Waals surface area contributed by atoms with Crippen LogP contribution in [0.5, 0.6) is 0 Å². The van der Waals surface area contributed by atoms with E-state index in [-0.39, 0.29) is 30.4 Å². The Balaban J connectivity index is 0.823. The minimum atomic E-state index is -2.67. The fraction of sp³-hybridized carbons (Fsp3) is 0.489. The van der Waals surface area contributed by atoms with Crippen LogP contribution in [0.3, 0.4) is 0 Å². The van der Waals surface area contributed by atoms with Crippen molar-refractivity contribution >= 4 is 41.0 Å². The summed E-state index contributed by atoms with van der Waals surface area (Å²) in [5.74, 6) is -0.659. The molecule has 0 bridgehead atoms. The Bertz CT molecular complexity index is 2460. The zero-order valence-electron chi connectivity index (χ0n) is 34.5. The van der Waals surface area contributed by atoms with Crippen molar-refractivity contribution in [1.82, 2.24) is 39.6 Å². The lowest BCUT2D eigenvalue weighted by Gasteiger charge is -2.33. The van der Waals surface area contributed by atoms with Crippen LogP contribution in [-0.2, 0) is 53.9 Å². The molecule has 1 saturated heterocycles. The molecule has 1 aliphatic carbocycles. The highest BCUT2D eigenvalue weighted by atomic mass is 19.3. The Hall–Kier alpha value is -5.77. The van der Waals surface area contributed by atoms with Gasteiger partial charge in [-0.05, 0) is 110 Å². The van der Waals surface area contributed by atoms with Crippen LogP contribution in [-0.4, -0.2) is 89.5 Å². The zero-order chi connectivity index (χ0) is 42.3. The highest BCUT2D eigenvalue weighted by Crippen LogP contribution is 2.45. The topological polar surface area (TPSA) is 146 Å². The van der Waals surface area contributed by atoms with Crippen LogP contribution < -0.4 is 10.2 Å². The van der Waals surface area contributed by atoms with Crippen LogP contribution in [0.4, 0.5) is 20.3 Å². The van der Waals surface area contributed by atoms with Crippen molar-refractivity contribution in [3.8, 4) is 11.1 Å². The number of anilines is 2. The molecule has 2 fully saturated rings. The van der Waals surface area contributed by atoms with Crippen molar-refractivity contribution in [1.29, 1.82) is 0 Å². The number of hydrogen-bond donors (Lipinski definition) is 1. The van der Waals surface area contributed by atoms with Gasteiger partial charge in [-0.15, -0.1) is 0 Å². The van der Waals surface area contributed by atoms with Gasteiger partial charge in [0.25, 0.3) is 18.2 Å². The van der Waals surface area contributed by atoms with Gasteiger partial charge in [-0.25, -0.2) is 8.78 Å². The Morgan fingerprint density at radius 1 is 0.869 bits per heavy atom. The maximum absolute atomic E-state index is 14.7. The van der Waals surface area contributed by atoms with E-state index in [0.717, 1.165) is 95.8 Å². The van der Waals surface area contributed by atoms with Gasteiger partial charge in [0.1, 0.15) is 6.04 Å². The number of rotatable bonds is 8. The predicted octanol–water partition coefficient (Wildman–Crippen LogP) is 5.75. The molecule has 5 aliphatic heterocycles. The van der Waals surface area contributed by atoms with Gasteiger partial charge in [0.2, 0.25) is 17.7 Å². The van der Waals surface area contributed by atoms with Crippen LogP contribution in [0.2, 0.25) is 0 Å². The van der Waals surface area contributed by atoms with Crippen molar-refractivity contribution in [2.75, 3.05) is 24.5 Å². The molecule has 1 unspecified atom stereocenters. The maximum atomic E-state index is 14.7. The van der Waals surface area contributed by atoms with Gasteiger partial charge in [-0.1, -0.05) is 0 Å². The molecular formula is C45H49F2N9O5. The smallest absolute Gasteiger partial charge is 0.264 e. The summed E-state index contributed by atoms with van der Waals surface area (Å²) in [5, 5.41) is 11.8. The molecule has 0 radical (unpaired) electrons. The van der Waals surface area contributed by atoms with Gasteiger partial charge in [0, 0.05) is 87.3 Å². The molecule has 5 amide bonds. The summed E-state index contributed by atoms with van der Waals surface area (Å²) in [6.45, 7) is 5.55. The second-order valence-corrected chi connectivity index (χ2v) is 17.7. The van der Waals surface area contributed by atoms with E-state index < -0.39 is 36.1 Å². The maximum Gasteiger partial charge on any atom is 0.264 e. The Kier molecular flexibility index (Phi) is 9.87. The number of fused-ring (bicyclic) bond motifs is 4. The summed E-state index contributed by atoms with van der Waals surface area (Å²) in [6.07, 6.45) is 8.30. The number of imide groups is 2. The highest BCUT2D eigenvalue weighted by molar-refractivity contribution is 6.23. The summed E-state index contributed by atoms with van der Waals surface area (Å²) in [7, 11) is 1.78. The molecule has 1 atom stereocenters. The third kappa shape index (κ3) is 6.92. The first-order valence-corrected chi connectivity index (χ1v) is 21.6. The van der Waals surface area contributed by atoms with E-state index in [4.69, 9.17) is 5.10 Å². The van der Waals surface area contributed by atoms with E-state index in [2.05, 4.69) is 24.9 Å². The van der Waals surface area contributed by atoms with Crippen LogP contribution >= 0.6 is 0 Å². The Morgan fingerprint density at radius 3 is 2.25 bits per heavy atom. The number of amides is 5. The molecule has 10 rings (SSSR count). The first kappa shape index (κ1) is 39.4. The largest absolute Gasteiger partial charge is 0.338 e. The van der Waals surface area contributed by atoms with Gasteiger partial charge in [-0.3, -0.25) is 48.5 Å². The van der Waals surface area contributed by atoms with Crippen molar-refractivity contribution in [2.24, 2.45) is 13.0 Å². The Labute approximate surface area is 351 Å². The van der Waals surface area contributed by atoms with Crippen molar-refractivity contribution in [3.05, 3.63) is 81.3 Å². The number of nitrogens with one attached hydrogen (secondary N) is 1. The molecule has 318 valence electrons. The normalized spacial score (nSPS) is 22.8. The summed E-state index contributed by atoms with van der Waals surface area (Å²) in [5.41, 5.74) is 7.74. The molecule has 0 spiro atoms. The van der Waals surface area contributed by atoms with E-state index in [1.165, 1.54) is 0 Å². The lowest BCUT2D eigenvalue weighted by Crippen LogP contribution is -2.54. The quantitative estimate of drug-likeness (QED) is 0.220. The van der Waals surface area contributed by atoms with E-state index in [1.807, 2.05) is 23.1 Å². The average Bonchev–Trinajstić information content (AvgIpc) is 4.02. The zero-order valence-corrected chi connectivity index (χ0v) is 34.5. The monoisotopic (exact) mass is 833 g/mol. The van der Waals surface area contributed by atoms with Crippen molar-refractivity contribution in [2.45, 2.75) is 109 Å². The molecule has 4 aromatic rings. The van der Waals surface area contributed by atoms with Gasteiger partial charge < -0.3 is 9.80 Å². The van der Waals surface area contributed by atoms with Gasteiger partial charge in [-0.2, -0.15) is 10.2 Å². The molecule has 16 heteroatoms. The number of piperidine rings is 1. The Morgan fingerprint density at radius 2 is 1.59 bits per heavy atom. The number of aromatic nitrogens is 4. The number of halogens is 2. The molecule has 7 heterocycles. The van der Waals surface area contributed by atoms with E-state index in [1.54, 1.807) is 37.1 Å². The first-order chi connectivity index (χ1) is 29.4.